The van der Waals surface area contributed by atoms with E-state index in [1.54, 1.807) is 24.8 Å². The van der Waals surface area contributed by atoms with Crippen molar-refractivity contribution >= 4 is 22.1 Å². The third kappa shape index (κ3) is 4.50. The van der Waals surface area contributed by atoms with Gasteiger partial charge in [-0.2, -0.15) is 5.10 Å². The van der Waals surface area contributed by atoms with Crippen LogP contribution in [0.5, 0.6) is 5.75 Å². The van der Waals surface area contributed by atoms with Crippen LogP contribution < -0.4 is 4.74 Å². The van der Waals surface area contributed by atoms with Crippen LogP contribution in [0.25, 0.3) is 56.0 Å². The summed E-state index contributed by atoms with van der Waals surface area (Å²) in [6.07, 6.45) is 13.1. The lowest BCUT2D eigenvalue weighted by Crippen LogP contribution is -2.19. The number of nitrogens with one attached hydrogen (secondary N) is 2. The number of fused-ring (bicyclic) bond motifs is 2. The van der Waals surface area contributed by atoms with Gasteiger partial charge < -0.3 is 9.72 Å². The van der Waals surface area contributed by atoms with Gasteiger partial charge in [0.1, 0.15) is 17.3 Å². The lowest BCUT2D eigenvalue weighted by atomic mass is 9.98. The molecule has 0 saturated heterocycles. The number of hydrogen-bond donors (Lipinski definition) is 2. The van der Waals surface area contributed by atoms with E-state index >= 15 is 0 Å². The Morgan fingerprint density at radius 1 is 0.949 bits per heavy atom. The monoisotopic (exact) mass is 519 g/mol. The number of nitrogens with zero attached hydrogens (tertiary/aromatic N) is 5. The number of pyridine rings is 3. The van der Waals surface area contributed by atoms with Crippen LogP contribution in [0.15, 0.2) is 61.2 Å². The van der Waals surface area contributed by atoms with Gasteiger partial charge in [0, 0.05) is 28.9 Å². The minimum absolute atomic E-state index is 0.245. The van der Waals surface area contributed by atoms with Crippen molar-refractivity contribution in [3.05, 3.63) is 72.6 Å². The second-order valence-electron chi connectivity index (χ2n) is 10.1. The first-order valence-corrected chi connectivity index (χ1v) is 13.2. The van der Waals surface area contributed by atoms with Gasteiger partial charge in [0.15, 0.2) is 11.5 Å². The molecule has 1 aliphatic carbocycles. The minimum Gasteiger partial charge on any atom is -0.489 e. The van der Waals surface area contributed by atoms with Crippen LogP contribution in [-0.2, 0) is 0 Å². The number of rotatable bonds is 5. The molecule has 8 nitrogen and oxygen atoms in total. The van der Waals surface area contributed by atoms with E-state index in [2.05, 4.69) is 30.1 Å². The molecule has 5 aromatic heterocycles. The molecule has 0 amide bonds. The molecule has 0 unspecified atom stereocenters. The van der Waals surface area contributed by atoms with Crippen molar-refractivity contribution in [3.63, 3.8) is 0 Å². The lowest BCUT2D eigenvalue weighted by molar-refractivity contribution is 0.154. The maximum Gasteiger partial charge on any atom is 0.178 e. The molecule has 6 aromatic rings. The fraction of sp³-hybridized carbons (Fsp3) is 0.233. The average molecular weight is 520 g/mol. The molecule has 0 radical (unpaired) electrons. The number of aromatic amines is 2. The molecule has 7 rings (SSSR count). The summed E-state index contributed by atoms with van der Waals surface area (Å²) >= 11 is 0. The fourth-order valence-electron chi connectivity index (χ4n) is 5.41. The Morgan fingerprint density at radius 2 is 1.85 bits per heavy atom. The highest BCUT2D eigenvalue weighted by atomic mass is 19.1. The molecule has 0 aliphatic heterocycles. The molecule has 1 aliphatic rings. The summed E-state index contributed by atoms with van der Waals surface area (Å²) in [7, 11) is 0. The molecule has 0 atom stereocenters. The SMILES string of the molecule is Cc1cc(F)cc(-c2ccnc3nc(-c4n[nH]c5cnc(-c6cncc(OC7CCCCC7)c6)cc45)[nH]c23)c1. The maximum absolute atomic E-state index is 14.2. The van der Waals surface area contributed by atoms with Gasteiger partial charge in [0.2, 0.25) is 0 Å². The van der Waals surface area contributed by atoms with Crippen molar-refractivity contribution in [2.75, 3.05) is 0 Å². The summed E-state index contributed by atoms with van der Waals surface area (Å²) in [5.74, 6) is 1.04. The molecule has 1 saturated carbocycles. The predicted molar refractivity (Wildman–Crippen MR) is 148 cm³/mol. The summed E-state index contributed by atoms with van der Waals surface area (Å²) < 4.78 is 20.4. The zero-order valence-corrected chi connectivity index (χ0v) is 21.4. The number of imidazole rings is 1. The van der Waals surface area contributed by atoms with Crippen LogP contribution in [-0.4, -0.2) is 41.2 Å². The summed E-state index contributed by atoms with van der Waals surface area (Å²) in [5.41, 5.74) is 6.74. The zero-order valence-electron chi connectivity index (χ0n) is 21.4. The Bertz CT molecular complexity index is 1800. The first-order chi connectivity index (χ1) is 19.1. The van der Waals surface area contributed by atoms with Crippen LogP contribution in [0.2, 0.25) is 0 Å². The van der Waals surface area contributed by atoms with Gasteiger partial charge >= 0.3 is 0 Å². The molecule has 194 valence electrons. The molecule has 0 bridgehead atoms. The molecule has 1 aromatic carbocycles. The van der Waals surface area contributed by atoms with Gasteiger partial charge in [-0.15, -0.1) is 0 Å². The van der Waals surface area contributed by atoms with Crippen molar-refractivity contribution in [1.82, 2.24) is 35.1 Å². The Hall–Kier alpha value is -4.66. The van der Waals surface area contributed by atoms with Gasteiger partial charge in [0.05, 0.1) is 35.2 Å². The number of aromatic nitrogens is 7. The van der Waals surface area contributed by atoms with E-state index in [-0.39, 0.29) is 11.9 Å². The van der Waals surface area contributed by atoms with Crippen LogP contribution in [0.3, 0.4) is 0 Å². The first-order valence-electron chi connectivity index (χ1n) is 13.2. The Morgan fingerprint density at radius 3 is 2.72 bits per heavy atom. The van der Waals surface area contributed by atoms with E-state index in [1.807, 2.05) is 31.2 Å². The average Bonchev–Trinajstić information content (AvgIpc) is 3.57. The van der Waals surface area contributed by atoms with Crippen molar-refractivity contribution < 1.29 is 9.13 Å². The summed E-state index contributed by atoms with van der Waals surface area (Å²) in [6.45, 7) is 1.87. The van der Waals surface area contributed by atoms with Gasteiger partial charge in [-0.25, -0.2) is 14.4 Å². The smallest absolute Gasteiger partial charge is 0.178 e. The molecule has 9 heteroatoms. The zero-order chi connectivity index (χ0) is 26.3. The molecular formula is C30H26FN7O. The standard InChI is InChI=1S/C30H26FN7O/c1-17-9-18(11-20(31)10-17)23-7-8-33-29-27(23)35-30(36-29)28-24-13-25(34-16-26(24)37-38-28)19-12-22(15-32-14-19)39-21-5-3-2-4-6-21/h7-16,21H,2-6H2,1H3,(H,37,38)(H,33,35,36). The highest BCUT2D eigenvalue weighted by Crippen LogP contribution is 2.33. The third-order valence-corrected chi connectivity index (χ3v) is 7.28. The fourth-order valence-corrected chi connectivity index (χ4v) is 5.41. The lowest BCUT2D eigenvalue weighted by Gasteiger charge is -2.22. The summed E-state index contributed by atoms with van der Waals surface area (Å²) in [4.78, 5) is 21.6. The topological polar surface area (TPSA) is 105 Å². The Kier molecular flexibility index (Phi) is 5.76. The summed E-state index contributed by atoms with van der Waals surface area (Å²) in [5, 5.41) is 8.45. The van der Waals surface area contributed by atoms with Gasteiger partial charge in [-0.3, -0.25) is 15.1 Å². The first kappa shape index (κ1) is 23.5. The van der Waals surface area contributed by atoms with Crippen LogP contribution >= 0.6 is 0 Å². The number of ether oxygens (including phenoxy) is 1. The van der Waals surface area contributed by atoms with E-state index in [4.69, 9.17) is 9.72 Å². The van der Waals surface area contributed by atoms with Crippen molar-refractivity contribution in [1.29, 1.82) is 0 Å². The van der Waals surface area contributed by atoms with E-state index in [9.17, 15) is 4.39 Å². The van der Waals surface area contributed by atoms with Crippen LogP contribution in [0.4, 0.5) is 4.39 Å². The van der Waals surface area contributed by atoms with Crippen molar-refractivity contribution in [3.8, 4) is 39.7 Å². The molecular weight excluding hydrogens is 493 g/mol. The number of halogens is 1. The van der Waals surface area contributed by atoms with Crippen molar-refractivity contribution in [2.24, 2.45) is 0 Å². The third-order valence-electron chi connectivity index (χ3n) is 7.28. The van der Waals surface area contributed by atoms with Gasteiger partial charge in [-0.1, -0.05) is 12.5 Å². The van der Waals surface area contributed by atoms with Crippen LogP contribution in [0.1, 0.15) is 37.7 Å². The number of H-pyrrole nitrogens is 2. The Labute approximate surface area is 223 Å². The molecule has 39 heavy (non-hydrogen) atoms. The molecule has 1 fully saturated rings. The largest absolute Gasteiger partial charge is 0.489 e. The normalized spacial score (nSPS) is 14.3. The molecule has 5 heterocycles. The maximum atomic E-state index is 14.2. The number of aryl methyl sites for hydroxylation is 1. The second kappa shape index (κ2) is 9.58. The van der Waals surface area contributed by atoms with Crippen LogP contribution in [0, 0.1) is 12.7 Å². The van der Waals surface area contributed by atoms with E-state index < -0.39 is 0 Å². The van der Waals surface area contributed by atoms with E-state index in [0.29, 0.717) is 17.2 Å². The highest BCUT2D eigenvalue weighted by molar-refractivity contribution is 5.96. The van der Waals surface area contributed by atoms with Crippen molar-refractivity contribution in [2.45, 2.75) is 45.1 Å². The number of hydrogen-bond acceptors (Lipinski definition) is 6. The molecule has 0 spiro atoms. The second-order valence-corrected chi connectivity index (χ2v) is 10.1. The summed E-state index contributed by atoms with van der Waals surface area (Å²) in [6, 6.07) is 10.8. The molecule has 2 N–H and O–H groups in total. The highest BCUT2D eigenvalue weighted by Gasteiger charge is 2.18. The van der Waals surface area contributed by atoms with Gasteiger partial charge in [0.25, 0.3) is 0 Å². The quantitative estimate of drug-likeness (QED) is 0.260. The van der Waals surface area contributed by atoms with E-state index in [1.165, 1.54) is 31.4 Å². The van der Waals surface area contributed by atoms with Gasteiger partial charge in [-0.05, 0) is 74.1 Å². The number of benzene rings is 1. The van der Waals surface area contributed by atoms with E-state index in [0.717, 1.165) is 63.0 Å². The Balaban J connectivity index is 1.26. The predicted octanol–water partition coefficient (Wildman–Crippen LogP) is 6.78. The minimum atomic E-state index is -0.282.